The van der Waals surface area contributed by atoms with Crippen LogP contribution in [0.25, 0.3) is 11.4 Å². The van der Waals surface area contributed by atoms with Crippen molar-refractivity contribution in [3.05, 3.63) is 30.2 Å². The van der Waals surface area contributed by atoms with Crippen LogP contribution in [0.4, 0.5) is 4.79 Å². The first-order valence-corrected chi connectivity index (χ1v) is 6.24. The number of nitrogens with one attached hydrogen (secondary N) is 2. The number of ether oxygens (including phenoxy) is 1. The SMILES string of the molecule is COc1ccc(-c2noc(C[C@@H]3NC(=O)NC3=O)n2)cc1. The topological polar surface area (TPSA) is 106 Å². The average molecular weight is 288 g/mol. The molecule has 1 aromatic carbocycles. The van der Waals surface area contributed by atoms with Gasteiger partial charge >= 0.3 is 6.03 Å². The number of benzene rings is 1. The number of rotatable bonds is 4. The first-order chi connectivity index (χ1) is 10.2. The zero-order chi connectivity index (χ0) is 14.8. The van der Waals surface area contributed by atoms with Crippen LogP contribution in [0.15, 0.2) is 28.8 Å². The fraction of sp³-hybridized carbons (Fsp3) is 0.231. The summed E-state index contributed by atoms with van der Waals surface area (Å²) in [4.78, 5) is 26.7. The number of hydrogen-bond donors (Lipinski definition) is 2. The van der Waals surface area contributed by atoms with Crippen LogP contribution in [0.2, 0.25) is 0 Å². The van der Waals surface area contributed by atoms with E-state index in [0.717, 1.165) is 11.3 Å². The maximum absolute atomic E-state index is 11.4. The minimum Gasteiger partial charge on any atom is -0.497 e. The maximum atomic E-state index is 11.4. The Morgan fingerprint density at radius 3 is 2.67 bits per heavy atom. The molecule has 2 aromatic rings. The molecule has 8 nitrogen and oxygen atoms in total. The molecular formula is C13H12N4O4. The molecule has 108 valence electrons. The van der Waals surface area contributed by atoms with Gasteiger partial charge in [0.25, 0.3) is 5.91 Å². The van der Waals surface area contributed by atoms with Crippen LogP contribution in [0.1, 0.15) is 5.89 Å². The van der Waals surface area contributed by atoms with E-state index in [2.05, 4.69) is 20.8 Å². The lowest BCUT2D eigenvalue weighted by Crippen LogP contribution is -2.31. The molecule has 0 saturated carbocycles. The molecule has 1 aromatic heterocycles. The molecule has 2 heterocycles. The minimum absolute atomic E-state index is 0.154. The van der Waals surface area contributed by atoms with Crippen LogP contribution in [0.5, 0.6) is 5.75 Å². The van der Waals surface area contributed by atoms with Crippen molar-refractivity contribution in [1.29, 1.82) is 0 Å². The van der Waals surface area contributed by atoms with E-state index in [1.807, 2.05) is 0 Å². The number of aromatic nitrogens is 2. The lowest BCUT2D eigenvalue weighted by atomic mass is 10.2. The summed E-state index contributed by atoms with van der Waals surface area (Å²) in [6.07, 6.45) is 0.154. The third-order valence-electron chi connectivity index (χ3n) is 3.05. The monoisotopic (exact) mass is 288 g/mol. The highest BCUT2D eigenvalue weighted by Crippen LogP contribution is 2.20. The summed E-state index contributed by atoms with van der Waals surface area (Å²) in [7, 11) is 1.59. The number of nitrogens with zero attached hydrogens (tertiary/aromatic N) is 2. The molecular weight excluding hydrogens is 276 g/mol. The molecule has 3 rings (SSSR count). The van der Waals surface area contributed by atoms with Gasteiger partial charge in [0.2, 0.25) is 11.7 Å². The second-order valence-electron chi connectivity index (χ2n) is 4.46. The van der Waals surface area contributed by atoms with Crippen LogP contribution in [-0.2, 0) is 11.2 Å². The third kappa shape index (κ3) is 2.69. The van der Waals surface area contributed by atoms with Crippen molar-refractivity contribution in [2.75, 3.05) is 7.11 Å². The zero-order valence-electron chi connectivity index (χ0n) is 11.1. The molecule has 8 heteroatoms. The second-order valence-corrected chi connectivity index (χ2v) is 4.46. The van der Waals surface area contributed by atoms with Gasteiger partial charge in [0.05, 0.1) is 13.5 Å². The minimum atomic E-state index is -0.679. The molecule has 1 fully saturated rings. The van der Waals surface area contributed by atoms with Gasteiger partial charge < -0.3 is 14.6 Å². The van der Waals surface area contributed by atoms with Gasteiger partial charge in [-0.15, -0.1) is 0 Å². The van der Waals surface area contributed by atoms with Crippen molar-refractivity contribution in [3.63, 3.8) is 0 Å². The van der Waals surface area contributed by atoms with Gasteiger partial charge in [-0.2, -0.15) is 4.98 Å². The zero-order valence-corrected chi connectivity index (χ0v) is 11.1. The van der Waals surface area contributed by atoms with E-state index < -0.39 is 18.0 Å². The Bertz CT molecular complexity index is 680. The molecule has 3 amide bonds. The van der Waals surface area contributed by atoms with Gasteiger partial charge in [-0.3, -0.25) is 10.1 Å². The predicted octanol–water partition coefficient (Wildman–Crippen LogP) is 0.496. The molecule has 0 aliphatic carbocycles. The lowest BCUT2D eigenvalue weighted by molar-refractivity contribution is -0.120. The normalized spacial score (nSPS) is 17.5. The summed E-state index contributed by atoms with van der Waals surface area (Å²) >= 11 is 0. The van der Waals surface area contributed by atoms with E-state index in [-0.39, 0.29) is 12.3 Å². The summed E-state index contributed by atoms with van der Waals surface area (Å²) in [6, 6.07) is 5.99. The van der Waals surface area contributed by atoms with Gasteiger partial charge in [-0.05, 0) is 24.3 Å². The average Bonchev–Trinajstić information content (AvgIpc) is 3.07. The quantitative estimate of drug-likeness (QED) is 0.793. The van der Waals surface area contributed by atoms with E-state index in [0.29, 0.717) is 5.82 Å². The first-order valence-electron chi connectivity index (χ1n) is 6.24. The summed E-state index contributed by atoms with van der Waals surface area (Å²) in [6.45, 7) is 0. The van der Waals surface area contributed by atoms with Gasteiger partial charge in [-0.25, -0.2) is 4.79 Å². The van der Waals surface area contributed by atoms with Crippen molar-refractivity contribution in [2.24, 2.45) is 0 Å². The molecule has 0 radical (unpaired) electrons. The predicted molar refractivity (Wildman–Crippen MR) is 70.5 cm³/mol. The van der Waals surface area contributed by atoms with E-state index in [1.54, 1.807) is 31.4 Å². The Hall–Kier alpha value is -2.90. The van der Waals surface area contributed by atoms with Gasteiger partial charge in [0.15, 0.2) is 0 Å². The molecule has 1 saturated heterocycles. The first kappa shape index (κ1) is 13.1. The van der Waals surface area contributed by atoms with Crippen LogP contribution < -0.4 is 15.4 Å². The molecule has 1 aliphatic rings. The van der Waals surface area contributed by atoms with E-state index in [9.17, 15) is 9.59 Å². The highest BCUT2D eigenvalue weighted by Gasteiger charge is 2.31. The van der Waals surface area contributed by atoms with Crippen molar-refractivity contribution < 1.29 is 18.8 Å². The van der Waals surface area contributed by atoms with Crippen LogP contribution in [0.3, 0.4) is 0 Å². The number of hydrogen-bond acceptors (Lipinski definition) is 6. The highest BCUT2D eigenvalue weighted by molar-refractivity contribution is 6.04. The van der Waals surface area contributed by atoms with Crippen molar-refractivity contribution in [2.45, 2.75) is 12.5 Å². The van der Waals surface area contributed by atoms with Gasteiger partial charge in [-0.1, -0.05) is 5.16 Å². The van der Waals surface area contributed by atoms with E-state index >= 15 is 0 Å². The molecule has 0 bridgehead atoms. The molecule has 1 aliphatic heterocycles. The highest BCUT2D eigenvalue weighted by atomic mass is 16.5. The van der Waals surface area contributed by atoms with E-state index in [1.165, 1.54) is 0 Å². The molecule has 2 N–H and O–H groups in total. The number of methoxy groups -OCH3 is 1. The molecule has 21 heavy (non-hydrogen) atoms. The Morgan fingerprint density at radius 1 is 1.29 bits per heavy atom. The number of urea groups is 1. The summed E-state index contributed by atoms with van der Waals surface area (Å²) in [5.74, 6) is 1.03. The smallest absolute Gasteiger partial charge is 0.322 e. The Morgan fingerprint density at radius 2 is 2.05 bits per heavy atom. The molecule has 0 unspecified atom stereocenters. The molecule has 0 spiro atoms. The van der Waals surface area contributed by atoms with Crippen molar-refractivity contribution in [1.82, 2.24) is 20.8 Å². The Labute approximate surface area is 119 Å². The summed E-state index contributed by atoms with van der Waals surface area (Å²) < 4.78 is 10.2. The number of carbonyl (C=O) groups is 2. The summed E-state index contributed by atoms with van der Waals surface area (Å²) in [5.41, 5.74) is 0.769. The maximum Gasteiger partial charge on any atom is 0.322 e. The largest absolute Gasteiger partial charge is 0.497 e. The number of imide groups is 1. The van der Waals surface area contributed by atoms with Gasteiger partial charge in [0, 0.05) is 5.56 Å². The van der Waals surface area contributed by atoms with Crippen LogP contribution in [-0.4, -0.2) is 35.2 Å². The van der Waals surface area contributed by atoms with Crippen molar-refractivity contribution >= 4 is 11.9 Å². The third-order valence-corrected chi connectivity index (χ3v) is 3.05. The fourth-order valence-corrected chi connectivity index (χ4v) is 1.97. The number of carbonyl (C=O) groups excluding carboxylic acids is 2. The molecule has 1 atom stereocenters. The lowest BCUT2D eigenvalue weighted by Gasteiger charge is -2.01. The van der Waals surface area contributed by atoms with Crippen LogP contribution in [0, 0.1) is 0 Å². The van der Waals surface area contributed by atoms with Gasteiger partial charge in [0.1, 0.15) is 11.8 Å². The van der Waals surface area contributed by atoms with Crippen LogP contribution >= 0.6 is 0 Å². The van der Waals surface area contributed by atoms with E-state index in [4.69, 9.17) is 9.26 Å². The second kappa shape index (κ2) is 5.23. The fourth-order valence-electron chi connectivity index (χ4n) is 1.97. The Kier molecular flexibility index (Phi) is 3.27. The standard InChI is InChI=1S/C13H12N4O4/c1-20-8-4-2-7(3-5-8)11-15-10(21-17-11)6-9-12(18)16-13(19)14-9/h2-5,9H,6H2,1H3,(H2,14,16,18,19)/t9-/m0/s1. The summed E-state index contributed by atoms with van der Waals surface area (Å²) in [5, 5.41) is 8.47. The number of amides is 3. The van der Waals surface area contributed by atoms with Crippen molar-refractivity contribution in [3.8, 4) is 17.1 Å². The Balaban J connectivity index is 1.73.